The minimum atomic E-state index is -1.32. The number of hydrogen-bond donors (Lipinski definition) is 2. The van der Waals surface area contributed by atoms with Crippen molar-refractivity contribution in [1.29, 1.82) is 0 Å². The van der Waals surface area contributed by atoms with Crippen LogP contribution in [0.25, 0.3) is 0 Å². The molecule has 2 N–H and O–H groups in total. The van der Waals surface area contributed by atoms with Gasteiger partial charge in [0.15, 0.2) is 5.41 Å². The Bertz CT molecular complexity index is 517. The molecule has 1 saturated heterocycles. The van der Waals surface area contributed by atoms with Gasteiger partial charge in [-0.25, -0.2) is 4.79 Å². The first-order valence-electron chi connectivity index (χ1n) is 5.74. The van der Waals surface area contributed by atoms with E-state index in [1.54, 1.807) is 25.1 Å². The van der Waals surface area contributed by atoms with Crippen LogP contribution in [0.15, 0.2) is 24.3 Å². The smallest absolute Gasteiger partial charge is 0.277 e. The Hall–Kier alpha value is -2.17. The summed E-state index contributed by atoms with van der Waals surface area (Å²) in [5.41, 5.74) is 0.241. The summed E-state index contributed by atoms with van der Waals surface area (Å²) < 4.78 is 0. The molecule has 0 saturated carbocycles. The van der Waals surface area contributed by atoms with Gasteiger partial charge in [-0.3, -0.25) is 20.2 Å². The van der Waals surface area contributed by atoms with E-state index >= 15 is 0 Å². The van der Waals surface area contributed by atoms with E-state index in [2.05, 4.69) is 10.6 Å². The van der Waals surface area contributed by atoms with Crippen LogP contribution < -0.4 is 10.6 Å². The Morgan fingerprint density at radius 3 is 2.22 bits per heavy atom. The third-order valence-electron chi connectivity index (χ3n) is 3.27. The molecule has 5 nitrogen and oxygen atoms in total. The molecular weight excluding hydrogens is 232 g/mol. The Kier molecular flexibility index (Phi) is 2.90. The van der Waals surface area contributed by atoms with Crippen LogP contribution in [0.4, 0.5) is 4.79 Å². The van der Waals surface area contributed by atoms with Crippen LogP contribution in [0.2, 0.25) is 0 Å². The van der Waals surface area contributed by atoms with E-state index in [0.29, 0.717) is 12.0 Å². The lowest BCUT2D eigenvalue weighted by Gasteiger charge is -2.33. The summed E-state index contributed by atoms with van der Waals surface area (Å²) in [5.74, 6) is -1.13. The van der Waals surface area contributed by atoms with E-state index in [4.69, 9.17) is 0 Å². The maximum Gasteiger partial charge on any atom is 0.328 e. The van der Waals surface area contributed by atoms with E-state index in [1.165, 1.54) is 0 Å². The maximum atomic E-state index is 12.1. The number of carbonyl (C=O) groups excluding carboxylic acids is 3. The standard InChI is InChI=1S/C13H14N2O3/c1-3-13(9-6-4-5-8(2)7-9)10(16)14-12(18)15-11(13)17/h4-7H,3H2,1-2H3,(H2,14,15,16,17,18). The van der Waals surface area contributed by atoms with Gasteiger partial charge in [-0.2, -0.15) is 0 Å². The van der Waals surface area contributed by atoms with Gasteiger partial charge in [0.25, 0.3) is 0 Å². The molecule has 0 spiro atoms. The van der Waals surface area contributed by atoms with Crippen molar-refractivity contribution in [3.8, 4) is 0 Å². The van der Waals surface area contributed by atoms with Gasteiger partial charge in [-0.15, -0.1) is 0 Å². The summed E-state index contributed by atoms with van der Waals surface area (Å²) in [4.78, 5) is 35.3. The van der Waals surface area contributed by atoms with E-state index in [9.17, 15) is 14.4 Å². The van der Waals surface area contributed by atoms with Crippen LogP contribution in [0.5, 0.6) is 0 Å². The first-order chi connectivity index (χ1) is 8.50. The van der Waals surface area contributed by atoms with Crippen LogP contribution in [0, 0.1) is 6.92 Å². The molecule has 1 heterocycles. The highest BCUT2D eigenvalue weighted by atomic mass is 16.2. The van der Waals surface area contributed by atoms with Crippen molar-refractivity contribution in [3.63, 3.8) is 0 Å². The zero-order chi connectivity index (χ0) is 13.3. The zero-order valence-electron chi connectivity index (χ0n) is 10.2. The monoisotopic (exact) mass is 246 g/mol. The first kappa shape index (κ1) is 12.3. The molecule has 0 bridgehead atoms. The molecule has 0 aromatic heterocycles. The third-order valence-corrected chi connectivity index (χ3v) is 3.27. The Labute approximate surface area is 105 Å². The van der Waals surface area contributed by atoms with E-state index < -0.39 is 23.3 Å². The van der Waals surface area contributed by atoms with Gasteiger partial charge in [-0.1, -0.05) is 36.8 Å². The van der Waals surface area contributed by atoms with Crippen molar-refractivity contribution in [3.05, 3.63) is 35.4 Å². The second-order valence-electron chi connectivity index (χ2n) is 4.37. The molecule has 0 radical (unpaired) electrons. The van der Waals surface area contributed by atoms with E-state index in [-0.39, 0.29) is 0 Å². The highest BCUT2D eigenvalue weighted by Gasteiger charge is 2.50. The maximum absolute atomic E-state index is 12.1. The predicted molar refractivity (Wildman–Crippen MR) is 64.8 cm³/mol. The second-order valence-corrected chi connectivity index (χ2v) is 4.37. The van der Waals surface area contributed by atoms with Crippen LogP contribution in [0.3, 0.4) is 0 Å². The number of hydrogen-bond acceptors (Lipinski definition) is 3. The van der Waals surface area contributed by atoms with Crippen molar-refractivity contribution in [2.24, 2.45) is 0 Å². The summed E-state index contributed by atoms with van der Waals surface area (Å²) in [5, 5.41) is 4.32. The molecule has 1 fully saturated rings. The molecule has 0 unspecified atom stereocenters. The van der Waals surface area contributed by atoms with Crippen molar-refractivity contribution >= 4 is 17.8 Å². The fourth-order valence-electron chi connectivity index (χ4n) is 2.25. The number of carbonyl (C=O) groups is 3. The highest BCUT2D eigenvalue weighted by Crippen LogP contribution is 2.31. The predicted octanol–water partition coefficient (Wildman–Crippen LogP) is 1.01. The van der Waals surface area contributed by atoms with Gasteiger partial charge in [0.05, 0.1) is 0 Å². The molecule has 2 rings (SSSR count). The molecule has 0 aliphatic carbocycles. The van der Waals surface area contributed by atoms with Crippen molar-refractivity contribution in [2.45, 2.75) is 25.7 Å². The van der Waals surface area contributed by atoms with Crippen LogP contribution >= 0.6 is 0 Å². The normalized spacial score (nSPS) is 18.2. The van der Waals surface area contributed by atoms with Crippen LogP contribution in [0.1, 0.15) is 24.5 Å². The summed E-state index contributed by atoms with van der Waals surface area (Å²) in [6, 6.07) is 6.43. The van der Waals surface area contributed by atoms with Gasteiger partial charge in [-0.05, 0) is 18.9 Å². The highest BCUT2D eigenvalue weighted by molar-refractivity contribution is 6.22. The lowest BCUT2D eigenvalue weighted by molar-refractivity contribution is -0.138. The number of imide groups is 2. The number of aryl methyl sites for hydroxylation is 1. The molecule has 1 aliphatic heterocycles. The number of benzene rings is 1. The molecule has 94 valence electrons. The largest absolute Gasteiger partial charge is 0.328 e. The van der Waals surface area contributed by atoms with Gasteiger partial charge in [0, 0.05) is 0 Å². The molecule has 5 heteroatoms. The van der Waals surface area contributed by atoms with Crippen LogP contribution in [-0.2, 0) is 15.0 Å². The number of barbiturate groups is 1. The molecule has 18 heavy (non-hydrogen) atoms. The molecule has 1 aromatic rings. The van der Waals surface area contributed by atoms with Gasteiger partial charge in [0.2, 0.25) is 11.8 Å². The fraction of sp³-hybridized carbons (Fsp3) is 0.308. The summed E-state index contributed by atoms with van der Waals surface area (Å²) >= 11 is 0. The summed E-state index contributed by atoms with van der Waals surface area (Å²) in [6.07, 6.45) is 0.293. The lowest BCUT2D eigenvalue weighted by atomic mass is 9.75. The van der Waals surface area contributed by atoms with Gasteiger partial charge < -0.3 is 0 Å². The SMILES string of the molecule is CCC1(c2cccc(C)c2)C(=O)NC(=O)NC1=O. The fourth-order valence-corrected chi connectivity index (χ4v) is 2.25. The quantitative estimate of drug-likeness (QED) is 0.765. The number of urea groups is 1. The summed E-state index contributed by atoms with van der Waals surface area (Å²) in [6.45, 7) is 3.63. The zero-order valence-corrected chi connectivity index (χ0v) is 10.2. The minimum Gasteiger partial charge on any atom is -0.277 e. The minimum absolute atomic E-state index is 0.293. The molecule has 1 aromatic carbocycles. The molecule has 0 atom stereocenters. The lowest BCUT2D eigenvalue weighted by Crippen LogP contribution is -2.64. The Morgan fingerprint density at radius 2 is 1.72 bits per heavy atom. The number of amides is 4. The van der Waals surface area contributed by atoms with Crippen molar-refractivity contribution < 1.29 is 14.4 Å². The van der Waals surface area contributed by atoms with E-state index in [1.807, 2.05) is 13.0 Å². The average molecular weight is 246 g/mol. The van der Waals surface area contributed by atoms with Crippen LogP contribution in [-0.4, -0.2) is 17.8 Å². The first-order valence-corrected chi connectivity index (χ1v) is 5.74. The molecular formula is C13H14N2O3. The third kappa shape index (κ3) is 1.68. The van der Waals surface area contributed by atoms with Gasteiger partial charge >= 0.3 is 6.03 Å². The molecule has 4 amide bonds. The van der Waals surface area contributed by atoms with Crippen molar-refractivity contribution in [1.82, 2.24) is 10.6 Å². The topological polar surface area (TPSA) is 75.3 Å². The number of nitrogens with one attached hydrogen (secondary N) is 2. The summed E-state index contributed by atoms with van der Waals surface area (Å²) in [7, 11) is 0. The average Bonchev–Trinajstić information content (AvgIpc) is 2.29. The Balaban J connectivity index is 2.57. The van der Waals surface area contributed by atoms with Crippen molar-refractivity contribution in [2.75, 3.05) is 0 Å². The second kappa shape index (κ2) is 4.25. The van der Waals surface area contributed by atoms with E-state index in [0.717, 1.165) is 5.56 Å². The van der Waals surface area contributed by atoms with Gasteiger partial charge in [0.1, 0.15) is 0 Å². The Morgan fingerprint density at radius 1 is 1.11 bits per heavy atom. The molecule has 1 aliphatic rings. The number of rotatable bonds is 2.